The lowest BCUT2D eigenvalue weighted by Crippen LogP contribution is -2.24. The quantitative estimate of drug-likeness (QED) is 0.650. The van der Waals surface area contributed by atoms with Crippen LogP contribution in [0.1, 0.15) is 45.4 Å². The predicted octanol–water partition coefficient (Wildman–Crippen LogP) is 3.86. The molecular weight excluding hydrogens is 340 g/mol. The maximum atomic E-state index is 12.4. The Bertz CT molecular complexity index is 971. The molecule has 0 radical (unpaired) electrons. The van der Waals surface area contributed by atoms with E-state index in [4.69, 9.17) is 4.84 Å². The Hall–Kier alpha value is -2.86. The molecule has 2 N–H and O–H groups in total. The second-order valence-corrected chi connectivity index (χ2v) is 6.71. The van der Waals surface area contributed by atoms with Crippen LogP contribution in [0, 0.1) is 27.7 Å². The van der Waals surface area contributed by atoms with Crippen LogP contribution in [0.5, 0.6) is 0 Å². The molecule has 0 atom stereocenters. The van der Waals surface area contributed by atoms with Crippen molar-refractivity contribution in [3.8, 4) is 0 Å². The van der Waals surface area contributed by atoms with Crippen LogP contribution in [0.3, 0.4) is 0 Å². The van der Waals surface area contributed by atoms with Crippen LogP contribution in [-0.2, 0) is 11.4 Å². The van der Waals surface area contributed by atoms with Gasteiger partial charge in [-0.15, -0.1) is 0 Å². The van der Waals surface area contributed by atoms with Crippen molar-refractivity contribution in [1.82, 2.24) is 14.9 Å². The molecule has 1 amide bonds. The lowest BCUT2D eigenvalue weighted by molar-refractivity contribution is 0.0364. The standard InChI is InChI=1S/C21H26N4O2/c1-6-27-24-21(26)17-10-19(20-23-15(4)16(5)25(20)12-17)22-11-18-13(2)8-7-9-14(18)3/h7-10,12,22H,6,11H2,1-5H3,(H,24,26). The zero-order valence-electron chi connectivity index (χ0n) is 16.5. The summed E-state index contributed by atoms with van der Waals surface area (Å²) < 4.78 is 1.95. The van der Waals surface area contributed by atoms with E-state index in [2.05, 4.69) is 47.8 Å². The fourth-order valence-electron chi connectivity index (χ4n) is 3.13. The number of imidazole rings is 1. The Labute approximate surface area is 159 Å². The maximum absolute atomic E-state index is 12.4. The lowest BCUT2D eigenvalue weighted by atomic mass is 10.0. The van der Waals surface area contributed by atoms with Gasteiger partial charge in [-0.25, -0.2) is 10.5 Å². The first-order valence-electron chi connectivity index (χ1n) is 9.12. The molecule has 2 aromatic heterocycles. The molecule has 0 aliphatic rings. The number of carbonyl (C=O) groups is 1. The van der Waals surface area contributed by atoms with Gasteiger partial charge in [0.05, 0.1) is 23.6 Å². The molecule has 1 aromatic carbocycles. The van der Waals surface area contributed by atoms with E-state index >= 15 is 0 Å². The van der Waals surface area contributed by atoms with Crippen LogP contribution in [0.25, 0.3) is 5.65 Å². The first kappa shape index (κ1) is 18.9. The van der Waals surface area contributed by atoms with Crippen LogP contribution < -0.4 is 10.8 Å². The summed E-state index contributed by atoms with van der Waals surface area (Å²) in [5.74, 6) is -0.278. The summed E-state index contributed by atoms with van der Waals surface area (Å²) in [6, 6.07) is 8.10. The highest BCUT2D eigenvalue weighted by atomic mass is 16.6. The fraction of sp³-hybridized carbons (Fsp3) is 0.333. The van der Waals surface area contributed by atoms with Crippen molar-refractivity contribution in [3.05, 3.63) is 64.1 Å². The Kier molecular flexibility index (Phi) is 5.46. The summed E-state index contributed by atoms with van der Waals surface area (Å²) in [5.41, 5.74) is 10.3. The van der Waals surface area contributed by atoms with E-state index in [1.165, 1.54) is 16.7 Å². The summed E-state index contributed by atoms with van der Waals surface area (Å²) >= 11 is 0. The van der Waals surface area contributed by atoms with Gasteiger partial charge >= 0.3 is 0 Å². The zero-order valence-corrected chi connectivity index (χ0v) is 16.5. The molecule has 0 unspecified atom stereocenters. The third kappa shape index (κ3) is 3.80. The van der Waals surface area contributed by atoms with Crippen molar-refractivity contribution < 1.29 is 9.63 Å². The second-order valence-electron chi connectivity index (χ2n) is 6.71. The third-order valence-corrected chi connectivity index (χ3v) is 4.87. The van der Waals surface area contributed by atoms with E-state index < -0.39 is 0 Å². The van der Waals surface area contributed by atoms with E-state index in [0.717, 1.165) is 22.7 Å². The number of hydroxylamine groups is 1. The van der Waals surface area contributed by atoms with Gasteiger partial charge in [-0.05, 0) is 57.4 Å². The molecular formula is C21H26N4O2. The van der Waals surface area contributed by atoms with Crippen molar-refractivity contribution in [1.29, 1.82) is 0 Å². The molecule has 0 aliphatic carbocycles. The van der Waals surface area contributed by atoms with Crippen LogP contribution >= 0.6 is 0 Å². The van der Waals surface area contributed by atoms with Gasteiger partial charge in [0.25, 0.3) is 5.91 Å². The number of nitrogens with zero attached hydrogens (tertiary/aromatic N) is 2. The van der Waals surface area contributed by atoms with Crippen LogP contribution in [0.15, 0.2) is 30.5 Å². The number of hydrogen-bond acceptors (Lipinski definition) is 4. The Morgan fingerprint density at radius 3 is 2.56 bits per heavy atom. The molecule has 6 heteroatoms. The molecule has 142 valence electrons. The fourth-order valence-corrected chi connectivity index (χ4v) is 3.13. The van der Waals surface area contributed by atoms with E-state index in [9.17, 15) is 4.79 Å². The van der Waals surface area contributed by atoms with Crippen LogP contribution in [-0.4, -0.2) is 21.9 Å². The van der Waals surface area contributed by atoms with Gasteiger partial charge in [0, 0.05) is 18.4 Å². The number of anilines is 1. The minimum atomic E-state index is -0.278. The minimum Gasteiger partial charge on any atom is -0.378 e. The third-order valence-electron chi connectivity index (χ3n) is 4.87. The van der Waals surface area contributed by atoms with Gasteiger partial charge in [-0.3, -0.25) is 9.63 Å². The second kappa shape index (κ2) is 7.80. The van der Waals surface area contributed by atoms with E-state index in [-0.39, 0.29) is 5.91 Å². The Balaban J connectivity index is 2.00. The highest BCUT2D eigenvalue weighted by Crippen LogP contribution is 2.24. The maximum Gasteiger partial charge on any atom is 0.276 e. The molecule has 0 saturated carbocycles. The van der Waals surface area contributed by atoms with Gasteiger partial charge < -0.3 is 9.72 Å². The van der Waals surface area contributed by atoms with E-state index in [1.54, 1.807) is 6.20 Å². The first-order chi connectivity index (χ1) is 12.9. The SMILES string of the molecule is CCONC(=O)c1cc(NCc2c(C)cccc2C)c2nc(C)c(C)n2c1. The smallest absolute Gasteiger partial charge is 0.276 e. The highest BCUT2D eigenvalue weighted by molar-refractivity contribution is 5.95. The number of fused-ring (bicyclic) bond motifs is 1. The number of hydrogen-bond donors (Lipinski definition) is 2. The van der Waals surface area contributed by atoms with E-state index in [0.29, 0.717) is 18.7 Å². The average molecular weight is 366 g/mol. The number of rotatable bonds is 6. The number of pyridine rings is 1. The molecule has 0 fully saturated rings. The van der Waals surface area contributed by atoms with Gasteiger partial charge in [-0.1, -0.05) is 18.2 Å². The summed E-state index contributed by atoms with van der Waals surface area (Å²) in [5, 5.41) is 3.47. The average Bonchev–Trinajstić information content (AvgIpc) is 2.93. The molecule has 27 heavy (non-hydrogen) atoms. The van der Waals surface area contributed by atoms with Crippen LogP contribution in [0.4, 0.5) is 5.69 Å². The molecule has 0 saturated heterocycles. The monoisotopic (exact) mass is 366 g/mol. The summed E-state index contributed by atoms with van der Waals surface area (Å²) in [7, 11) is 0. The zero-order chi connectivity index (χ0) is 19.6. The van der Waals surface area contributed by atoms with Gasteiger partial charge in [0.15, 0.2) is 5.65 Å². The number of aromatic nitrogens is 2. The number of carbonyl (C=O) groups excluding carboxylic acids is 1. The first-order valence-corrected chi connectivity index (χ1v) is 9.12. The summed E-state index contributed by atoms with van der Waals surface area (Å²) in [4.78, 5) is 22.1. The minimum absolute atomic E-state index is 0.278. The molecule has 3 rings (SSSR count). The topological polar surface area (TPSA) is 67.7 Å². The van der Waals surface area contributed by atoms with Gasteiger partial charge in [0.2, 0.25) is 0 Å². The predicted molar refractivity (Wildman–Crippen MR) is 107 cm³/mol. The largest absolute Gasteiger partial charge is 0.378 e. The summed E-state index contributed by atoms with van der Waals surface area (Å²) in [6.45, 7) is 11.1. The van der Waals surface area contributed by atoms with E-state index in [1.807, 2.05) is 31.2 Å². The van der Waals surface area contributed by atoms with Crippen LogP contribution in [0.2, 0.25) is 0 Å². The molecule has 0 aliphatic heterocycles. The molecule has 6 nitrogen and oxygen atoms in total. The van der Waals surface area contributed by atoms with Gasteiger partial charge in [-0.2, -0.15) is 0 Å². The number of benzene rings is 1. The number of nitrogens with one attached hydrogen (secondary N) is 2. The van der Waals surface area contributed by atoms with Crippen molar-refractivity contribution in [2.75, 3.05) is 11.9 Å². The van der Waals surface area contributed by atoms with Crippen molar-refractivity contribution in [2.45, 2.75) is 41.2 Å². The number of aryl methyl sites for hydroxylation is 4. The Morgan fingerprint density at radius 1 is 1.19 bits per heavy atom. The summed E-state index contributed by atoms with van der Waals surface area (Å²) in [6.07, 6.45) is 1.79. The van der Waals surface area contributed by atoms with Crippen molar-refractivity contribution in [3.63, 3.8) is 0 Å². The molecule has 0 bridgehead atoms. The van der Waals surface area contributed by atoms with Crippen molar-refractivity contribution >= 4 is 17.2 Å². The number of amides is 1. The molecule has 3 aromatic rings. The molecule has 2 heterocycles. The lowest BCUT2D eigenvalue weighted by Gasteiger charge is -2.14. The van der Waals surface area contributed by atoms with Crippen molar-refractivity contribution in [2.24, 2.45) is 0 Å². The normalized spacial score (nSPS) is 11.0. The highest BCUT2D eigenvalue weighted by Gasteiger charge is 2.15. The Morgan fingerprint density at radius 2 is 1.89 bits per heavy atom. The molecule has 0 spiro atoms. The van der Waals surface area contributed by atoms with Gasteiger partial charge in [0.1, 0.15) is 0 Å².